The van der Waals surface area contributed by atoms with Gasteiger partial charge in [0.1, 0.15) is 5.75 Å². The fourth-order valence-corrected chi connectivity index (χ4v) is 2.97. The molecule has 1 aliphatic heterocycles. The summed E-state index contributed by atoms with van der Waals surface area (Å²) in [4.78, 5) is 37.3. The molecule has 2 N–H and O–H groups in total. The van der Waals surface area contributed by atoms with Crippen LogP contribution in [0.15, 0.2) is 24.3 Å². The van der Waals surface area contributed by atoms with Gasteiger partial charge in [0.2, 0.25) is 5.91 Å². The highest BCUT2D eigenvalue weighted by Gasteiger charge is 2.23. The number of rotatable bonds is 10. The summed E-state index contributed by atoms with van der Waals surface area (Å²) in [5, 5.41) is 11.5. The summed E-state index contributed by atoms with van der Waals surface area (Å²) < 4.78 is 10.4. The van der Waals surface area contributed by atoms with Crippen molar-refractivity contribution in [2.24, 2.45) is 5.92 Å². The number of carbonyl (C=O) groups excluding carboxylic acids is 2. The minimum absolute atomic E-state index is 0.113. The molecule has 8 heteroatoms. The first-order valence-electron chi connectivity index (χ1n) is 9.39. The van der Waals surface area contributed by atoms with Crippen LogP contribution in [-0.2, 0) is 25.5 Å². The van der Waals surface area contributed by atoms with Gasteiger partial charge in [-0.3, -0.25) is 14.5 Å². The summed E-state index contributed by atoms with van der Waals surface area (Å²) in [6, 6.07) is 6.22. The van der Waals surface area contributed by atoms with Crippen molar-refractivity contribution in [2.75, 3.05) is 39.5 Å². The third-order valence-corrected chi connectivity index (χ3v) is 4.62. The smallest absolute Gasteiger partial charge is 0.341 e. The van der Waals surface area contributed by atoms with Crippen LogP contribution < -0.4 is 10.1 Å². The molecule has 1 aromatic carbocycles. The van der Waals surface area contributed by atoms with Gasteiger partial charge >= 0.3 is 5.97 Å². The molecule has 1 fully saturated rings. The van der Waals surface area contributed by atoms with E-state index in [4.69, 9.17) is 14.6 Å². The number of nitrogens with one attached hydrogen (secondary N) is 1. The van der Waals surface area contributed by atoms with Crippen molar-refractivity contribution in [3.8, 4) is 5.75 Å². The molecule has 0 bridgehead atoms. The Morgan fingerprint density at radius 3 is 2.43 bits per heavy atom. The van der Waals surface area contributed by atoms with Gasteiger partial charge in [-0.1, -0.05) is 19.1 Å². The first-order chi connectivity index (χ1) is 13.3. The number of ether oxygens (including phenoxy) is 2. The minimum atomic E-state index is -1.05. The lowest BCUT2D eigenvalue weighted by molar-refractivity contribution is -0.139. The highest BCUT2D eigenvalue weighted by molar-refractivity contribution is 5.88. The number of amides is 1. The molecule has 1 saturated heterocycles. The van der Waals surface area contributed by atoms with Crippen LogP contribution >= 0.6 is 0 Å². The molecule has 1 aliphatic rings. The zero-order chi connectivity index (χ0) is 20.5. The van der Waals surface area contributed by atoms with E-state index >= 15 is 0 Å². The van der Waals surface area contributed by atoms with Crippen LogP contribution in [0.5, 0.6) is 5.75 Å². The molecule has 154 valence electrons. The van der Waals surface area contributed by atoms with E-state index in [1.807, 2.05) is 6.92 Å². The van der Waals surface area contributed by atoms with Crippen LogP contribution in [0.2, 0.25) is 0 Å². The van der Waals surface area contributed by atoms with Crippen molar-refractivity contribution < 1.29 is 29.0 Å². The number of carboxylic acid groups (broad SMARTS) is 1. The van der Waals surface area contributed by atoms with Gasteiger partial charge in [-0.2, -0.15) is 0 Å². The van der Waals surface area contributed by atoms with Crippen molar-refractivity contribution in [3.05, 3.63) is 29.8 Å². The van der Waals surface area contributed by atoms with Gasteiger partial charge in [-0.15, -0.1) is 0 Å². The van der Waals surface area contributed by atoms with Crippen LogP contribution in [0.4, 0.5) is 0 Å². The van der Waals surface area contributed by atoms with Gasteiger partial charge < -0.3 is 19.9 Å². The highest BCUT2D eigenvalue weighted by atomic mass is 16.5. The number of hydrogen-bond acceptors (Lipinski definition) is 6. The third-order valence-electron chi connectivity index (χ3n) is 4.62. The SMILES string of the molecule is CC(=O)[C@H](Cc1ccc(OCC(=O)O)cc1)NC(=O)[C@@H](C)CN1CCOCC1. The van der Waals surface area contributed by atoms with E-state index in [1.54, 1.807) is 24.3 Å². The predicted molar refractivity (Wildman–Crippen MR) is 102 cm³/mol. The Morgan fingerprint density at radius 2 is 1.86 bits per heavy atom. The van der Waals surface area contributed by atoms with Crippen LogP contribution in [0, 0.1) is 5.92 Å². The Kier molecular flexibility index (Phi) is 8.41. The van der Waals surface area contributed by atoms with Gasteiger partial charge in [-0.25, -0.2) is 4.79 Å². The van der Waals surface area contributed by atoms with Crippen molar-refractivity contribution in [1.82, 2.24) is 10.2 Å². The molecule has 1 heterocycles. The van der Waals surface area contributed by atoms with Crippen LogP contribution in [0.1, 0.15) is 19.4 Å². The molecular weight excluding hydrogens is 364 g/mol. The molecule has 2 atom stereocenters. The standard InChI is InChI=1S/C20H28N2O6/c1-14(12-22-7-9-27-10-8-22)20(26)21-18(15(2)23)11-16-3-5-17(6-4-16)28-13-19(24)25/h3-6,14,18H,7-13H2,1-2H3,(H,21,26)(H,24,25)/t14-,18-/m0/s1. The van der Waals surface area contributed by atoms with Gasteiger partial charge in [0.05, 0.1) is 19.3 Å². The molecule has 28 heavy (non-hydrogen) atoms. The second kappa shape index (κ2) is 10.8. The Hall–Kier alpha value is -2.45. The van der Waals surface area contributed by atoms with E-state index < -0.39 is 18.6 Å². The van der Waals surface area contributed by atoms with Crippen molar-refractivity contribution >= 4 is 17.7 Å². The molecular formula is C20H28N2O6. The number of benzene rings is 1. The zero-order valence-electron chi connectivity index (χ0n) is 16.3. The number of nitrogens with zero attached hydrogens (tertiary/aromatic N) is 1. The number of carboxylic acids is 1. The normalized spacial score (nSPS) is 16.8. The lowest BCUT2D eigenvalue weighted by Gasteiger charge is -2.29. The zero-order valence-corrected chi connectivity index (χ0v) is 16.3. The second-order valence-corrected chi connectivity index (χ2v) is 7.02. The average Bonchev–Trinajstić information content (AvgIpc) is 2.67. The van der Waals surface area contributed by atoms with E-state index in [9.17, 15) is 14.4 Å². The Bertz CT molecular complexity index is 670. The first kappa shape index (κ1) is 21.8. The Morgan fingerprint density at radius 1 is 1.21 bits per heavy atom. The monoisotopic (exact) mass is 392 g/mol. The maximum Gasteiger partial charge on any atom is 0.341 e. The van der Waals surface area contributed by atoms with Crippen LogP contribution in [0.3, 0.4) is 0 Å². The number of aliphatic carboxylic acids is 1. The second-order valence-electron chi connectivity index (χ2n) is 7.02. The average molecular weight is 392 g/mol. The van der Waals surface area contributed by atoms with E-state index in [1.165, 1.54) is 6.92 Å². The predicted octanol–water partition coefficient (Wildman–Crippen LogP) is 0.735. The fraction of sp³-hybridized carbons (Fsp3) is 0.550. The number of Topliss-reactive ketones (excluding diaryl/α,β-unsaturated/α-hetero) is 1. The van der Waals surface area contributed by atoms with E-state index in [2.05, 4.69) is 10.2 Å². The lowest BCUT2D eigenvalue weighted by atomic mass is 10.0. The number of morpholine rings is 1. The number of hydrogen-bond donors (Lipinski definition) is 2. The summed E-state index contributed by atoms with van der Waals surface area (Å²) >= 11 is 0. The molecule has 0 radical (unpaired) electrons. The lowest BCUT2D eigenvalue weighted by Crippen LogP contribution is -2.47. The molecule has 2 rings (SSSR count). The Labute approximate surface area is 164 Å². The van der Waals surface area contributed by atoms with Gasteiger partial charge in [0.15, 0.2) is 12.4 Å². The van der Waals surface area contributed by atoms with E-state index in [-0.39, 0.29) is 17.6 Å². The van der Waals surface area contributed by atoms with E-state index in [0.29, 0.717) is 31.9 Å². The summed E-state index contributed by atoms with van der Waals surface area (Å²) in [6.07, 6.45) is 0.366. The van der Waals surface area contributed by atoms with Crippen molar-refractivity contribution in [3.63, 3.8) is 0 Å². The summed E-state index contributed by atoms with van der Waals surface area (Å²) in [5.41, 5.74) is 0.851. The third kappa shape index (κ3) is 7.28. The molecule has 1 amide bonds. The van der Waals surface area contributed by atoms with Gasteiger partial charge in [0, 0.05) is 25.6 Å². The van der Waals surface area contributed by atoms with Crippen LogP contribution in [-0.4, -0.2) is 73.2 Å². The molecule has 8 nitrogen and oxygen atoms in total. The van der Waals surface area contributed by atoms with Crippen LogP contribution in [0.25, 0.3) is 0 Å². The molecule has 0 aromatic heterocycles. The largest absolute Gasteiger partial charge is 0.482 e. The van der Waals surface area contributed by atoms with Crippen molar-refractivity contribution in [2.45, 2.75) is 26.3 Å². The summed E-state index contributed by atoms with van der Waals surface area (Å²) in [5.74, 6) is -1.10. The van der Waals surface area contributed by atoms with Gasteiger partial charge in [0.25, 0.3) is 0 Å². The quantitative estimate of drug-likeness (QED) is 0.605. The maximum absolute atomic E-state index is 12.5. The number of ketones is 1. The molecule has 0 aliphatic carbocycles. The number of carbonyl (C=O) groups is 3. The minimum Gasteiger partial charge on any atom is -0.482 e. The fourth-order valence-electron chi connectivity index (χ4n) is 2.97. The first-order valence-corrected chi connectivity index (χ1v) is 9.39. The Balaban J connectivity index is 1.88. The summed E-state index contributed by atoms with van der Waals surface area (Å²) in [6.45, 7) is 6.52. The highest BCUT2D eigenvalue weighted by Crippen LogP contribution is 2.14. The summed E-state index contributed by atoms with van der Waals surface area (Å²) in [7, 11) is 0. The topological polar surface area (TPSA) is 105 Å². The molecule has 1 aromatic rings. The van der Waals surface area contributed by atoms with E-state index in [0.717, 1.165) is 18.7 Å². The molecule has 0 unspecified atom stereocenters. The molecule has 0 spiro atoms. The molecule has 0 saturated carbocycles. The maximum atomic E-state index is 12.5. The van der Waals surface area contributed by atoms with Crippen molar-refractivity contribution in [1.29, 1.82) is 0 Å². The van der Waals surface area contributed by atoms with Gasteiger partial charge in [-0.05, 0) is 31.0 Å².